The van der Waals surface area contributed by atoms with Crippen LogP contribution in [0.25, 0.3) is 0 Å². The average Bonchev–Trinajstić information content (AvgIpc) is 2.42. The molecule has 100 valence electrons. The molecular weight excluding hydrogens is 236 g/mol. The molecule has 2 rings (SSSR count). The number of aryl methyl sites for hydroxylation is 1. The van der Waals surface area contributed by atoms with E-state index in [0.29, 0.717) is 5.88 Å². The number of aromatic nitrogens is 2. The topological polar surface area (TPSA) is 35.0 Å². The van der Waals surface area contributed by atoms with Crippen LogP contribution in [0.1, 0.15) is 38.4 Å². The SMILES string of the molecule is CCC(C)(C)c1ccc(Oc2cccnc2C)nc1. The molecule has 0 saturated heterocycles. The fourth-order valence-corrected chi connectivity index (χ4v) is 1.74. The zero-order chi connectivity index (χ0) is 13.9. The third-order valence-corrected chi connectivity index (χ3v) is 3.57. The quantitative estimate of drug-likeness (QED) is 0.819. The molecule has 0 N–H and O–H groups in total. The van der Waals surface area contributed by atoms with Crippen LogP contribution < -0.4 is 4.74 Å². The van der Waals surface area contributed by atoms with Crippen LogP contribution in [0.4, 0.5) is 0 Å². The fraction of sp³-hybridized carbons (Fsp3) is 0.375. The van der Waals surface area contributed by atoms with E-state index in [9.17, 15) is 0 Å². The zero-order valence-electron chi connectivity index (χ0n) is 12.0. The first kappa shape index (κ1) is 13.5. The molecule has 0 aromatic carbocycles. The van der Waals surface area contributed by atoms with Gasteiger partial charge in [-0.2, -0.15) is 0 Å². The summed E-state index contributed by atoms with van der Waals surface area (Å²) < 4.78 is 5.74. The van der Waals surface area contributed by atoms with Crippen molar-refractivity contribution in [3.05, 3.63) is 47.9 Å². The molecule has 0 unspecified atom stereocenters. The minimum atomic E-state index is 0.149. The summed E-state index contributed by atoms with van der Waals surface area (Å²) in [6.07, 6.45) is 4.73. The normalized spacial score (nSPS) is 11.4. The first-order chi connectivity index (χ1) is 9.03. The number of ether oxygens (including phenoxy) is 1. The Morgan fingerprint density at radius 1 is 1.16 bits per heavy atom. The Morgan fingerprint density at radius 3 is 2.53 bits per heavy atom. The standard InChI is InChI=1S/C16H20N2O/c1-5-16(3,4)13-8-9-15(18-11-13)19-14-7-6-10-17-12(14)2/h6-11H,5H2,1-4H3. The largest absolute Gasteiger partial charge is 0.437 e. The van der Waals surface area contributed by atoms with Crippen LogP contribution >= 0.6 is 0 Å². The molecule has 0 amide bonds. The molecule has 0 spiro atoms. The lowest BCUT2D eigenvalue weighted by molar-refractivity contribution is 0.452. The van der Waals surface area contributed by atoms with E-state index in [4.69, 9.17) is 4.74 Å². The Morgan fingerprint density at radius 2 is 1.95 bits per heavy atom. The molecule has 0 saturated carbocycles. The number of rotatable bonds is 4. The van der Waals surface area contributed by atoms with Gasteiger partial charge in [0.05, 0.1) is 5.69 Å². The van der Waals surface area contributed by atoms with Gasteiger partial charge in [-0.3, -0.25) is 4.98 Å². The van der Waals surface area contributed by atoms with Gasteiger partial charge < -0.3 is 4.74 Å². The third kappa shape index (κ3) is 3.11. The molecule has 0 atom stereocenters. The minimum absolute atomic E-state index is 0.149. The molecule has 0 fully saturated rings. The van der Waals surface area contributed by atoms with Crippen molar-refractivity contribution in [3.8, 4) is 11.6 Å². The summed E-state index contributed by atoms with van der Waals surface area (Å²) in [7, 11) is 0. The second-order valence-corrected chi connectivity index (χ2v) is 5.31. The van der Waals surface area contributed by atoms with Gasteiger partial charge in [0.15, 0.2) is 5.75 Å². The lowest BCUT2D eigenvalue weighted by Crippen LogP contribution is -2.15. The summed E-state index contributed by atoms with van der Waals surface area (Å²) in [4.78, 5) is 8.57. The Bertz CT molecular complexity index is 547. The molecule has 0 aliphatic heterocycles. The summed E-state index contributed by atoms with van der Waals surface area (Å²) in [6.45, 7) is 8.54. The molecule has 19 heavy (non-hydrogen) atoms. The summed E-state index contributed by atoms with van der Waals surface area (Å²) >= 11 is 0. The van der Waals surface area contributed by atoms with Gasteiger partial charge in [0, 0.05) is 18.5 Å². The van der Waals surface area contributed by atoms with Gasteiger partial charge >= 0.3 is 0 Å². The van der Waals surface area contributed by atoms with E-state index in [1.54, 1.807) is 6.20 Å². The Labute approximate surface area is 114 Å². The van der Waals surface area contributed by atoms with E-state index in [2.05, 4.69) is 36.8 Å². The molecule has 3 heteroatoms. The molecular formula is C16H20N2O. The van der Waals surface area contributed by atoms with Crippen LogP contribution in [0, 0.1) is 6.92 Å². The van der Waals surface area contributed by atoms with Crippen LogP contribution in [0.15, 0.2) is 36.7 Å². The van der Waals surface area contributed by atoms with Gasteiger partial charge in [-0.25, -0.2) is 4.98 Å². The summed E-state index contributed by atoms with van der Waals surface area (Å²) in [5, 5.41) is 0. The van der Waals surface area contributed by atoms with Gasteiger partial charge in [-0.15, -0.1) is 0 Å². The van der Waals surface area contributed by atoms with Crippen molar-refractivity contribution in [2.24, 2.45) is 0 Å². The first-order valence-electron chi connectivity index (χ1n) is 6.59. The Balaban J connectivity index is 2.18. The van der Waals surface area contributed by atoms with E-state index in [1.165, 1.54) is 5.56 Å². The van der Waals surface area contributed by atoms with Crippen molar-refractivity contribution in [1.29, 1.82) is 0 Å². The number of hydrogen-bond donors (Lipinski definition) is 0. The van der Waals surface area contributed by atoms with Gasteiger partial charge in [0.25, 0.3) is 0 Å². The molecule has 0 bridgehead atoms. The van der Waals surface area contributed by atoms with E-state index in [1.807, 2.05) is 31.3 Å². The molecule has 3 nitrogen and oxygen atoms in total. The summed E-state index contributed by atoms with van der Waals surface area (Å²) in [5.41, 5.74) is 2.24. The fourth-order valence-electron chi connectivity index (χ4n) is 1.74. The Kier molecular flexibility index (Phi) is 3.84. The minimum Gasteiger partial charge on any atom is -0.437 e. The van der Waals surface area contributed by atoms with Gasteiger partial charge in [0.1, 0.15) is 0 Å². The highest BCUT2D eigenvalue weighted by molar-refractivity contribution is 5.31. The van der Waals surface area contributed by atoms with E-state index < -0.39 is 0 Å². The van der Waals surface area contributed by atoms with Crippen molar-refractivity contribution in [2.75, 3.05) is 0 Å². The van der Waals surface area contributed by atoms with Crippen molar-refractivity contribution < 1.29 is 4.74 Å². The maximum Gasteiger partial charge on any atom is 0.219 e. The monoisotopic (exact) mass is 256 g/mol. The third-order valence-electron chi connectivity index (χ3n) is 3.57. The summed E-state index contributed by atoms with van der Waals surface area (Å²) in [6, 6.07) is 7.75. The molecule has 0 radical (unpaired) electrons. The number of pyridine rings is 2. The maximum atomic E-state index is 5.74. The maximum absolute atomic E-state index is 5.74. The zero-order valence-corrected chi connectivity index (χ0v) is 12.0. The highest BCUT2D eigenvalue weighted by Crippen LogP contribution is 2.28. The average molecular weight is 256 g/mol. The van der Waals surface area contributed by atoms with Crippen LogP contribution in [0.2, 0.25) is 0 Å². The molecule has 0 aliphatic carbocycles. The van der Waals surface area contributed by atoms with Gasteiger partial charge in [0.2, 0.25) is 5.88 Å². The molecule has 2 heterocycles. The lowest BCUT2D eigenvalue weighted by atomic mass is 9.83. The van der Waals surface area contributed by atoms with E-state index in [0.717, 1.165) is 17.9 Å². The van der Waals surface area contributed by atoms with E-state index >= 15 is 0 Å². The first-order valence-corrected chi connectivity index (χ1v) is 6.59. The lowest BCUT2D eigenvalue weighted by Gasteiger charge is -2.22. The number of nitrogens with zero attached hydrogens (tertiary/aromatic N) is 2. The highest BCUT2D eigenvalue weighted by atomic mass is 16.5. The van der Waals surface area contributed by atoms with Crippen LogP contribution in [-0.2, 0) is 5.41 Å². The van der Waals surface area contributed by atoms with Crippen LogP contribution in [0.3, 0.4) is 0 Å². The predicted octanol–water partition coefficient (Wildman–Crippen LogP) is 4.26. The van der Waals surface area contributed by atoms with Gasteiger partial charge in [-0.05, 0) is 36.5 Å². The van der Waals surface area contributed by atoms with Crippen molar-refractivity contribution >= 4 is 0 Å². The van der Waals surface area contributed by atoms with Crippen molar-refractivity contribution in [3.63, 3.8) is 0 Å². The van der Waals surface area contributed by atoms with Crippen molar-refractivity contribution in [2.45, 2.75) is 39.5 Å². The van der Waals surface area contributed by atoms with Gasteiger partial charge in [-0.1, -0.05) is 26.8 Å². The molecule has 2 aromatic rings. The van der Waals surface area contributed by atoms with Crippen molar-refractivity contribution in [1.82, 2.24) is 9.97 Å². The summed E-state index contributed by atoms with van der Waals surface area (Å²) in [5.74, 6) is 1.35. The smallest absolute Gasteiger partial charge is 0.219 e. The Hall–Kier alpha value is -1.90. The van der Waals surface area contributed by atoms with Crippen LogP contribution in [0.5, 0.6) is 11.6 Å². The molecule has 2 aromatic heterocycles. The number of hydrogen-bond acceptors (Lipinski definition) is 3. The van der Waals surface area contributed by atoms with Crippen LogP contribution in [-0.4, -0.2) is 9.97 Å². The second kappa shape index (κ2) is 5.39. The second-order valence-electron chi connectivity index (χ2n) is 5.31. The van der Waals surface area contributed by atoms with E-state index in [-0.39, 0.29) is 5.41 Å². The molecule has 0 aliphatic rings. The highest BCUT2D eigenvalue weighted by Gasteiger charge is 2.18. The predicted molar refractivity (Wildman–Crippen MR) is 76.6 cm³/mol.